The van der Waals surface area contributed by atoms with Gasteiger partial charge in [-0.15, -0.1) is 0 Å². The number of carbonyl (C=O) groups is 1. The Morgan fingerprint density at radius 1 is 1.25 bits per heavy atom. The highest BCUT2D eigenvalue weighted by Crippen LogP contribution is 2.24. The van der Waals surface area contributed by atoms with E-state index in [0.29, 0.717) is 23.6 Å². The second-order valence-electron chi connectivity index (χ2n) is 6.94. The average Bonchev–Trinajstić information content (AvgIpc) is 2.57. The Balaban J connectivity index is 1.97. The highest BCUT2D eigenvalue weighted by Gasteiger charge is 2.20. The van der Waals surface area contributed by atoms with E-state index in [9.17, 15) is 10.1 Å². The molecule has 0 bridgehead atoms. The summed E-state index contributed by atoms with van der Waals surface area (Å²) in [5.74, 6) is 0.651. The number of nitriles is 1. The van der Waals surface area contributed by atoms with Crippen molar-refractivity contribution in [3.05, 3.63) is 41.6 Å². The molecule has 1 aliphatic carbocycles. The van der Waals surface area contributed by atoms with E-state index < -0.39 is 0 Å². The molecule has 2 unspecified atom stereocenters. The summed E-state index contributed by atoms with van der Waals surface area (Å²) < 4.78 is 0. The van der Waals surface area contributed by atoms with Crippen LogP contribution in [-0.2, 0) is 4.79 Å². The van der Waals surface area contributed by atoms with Crippen LogP contribution in [0.5, 0.6) is 0 Å². The van der Waals surface area contributed by atoms with Gasteiger partial charge in [-0.2, -0.15) is 5.26 Å². The molecule has 2 atom stereocenters. The van der Waals surface area contributed by atoms with Gasteiger partial charge in [-0.25, -0.2) is 0 Å². The number of nitrogens with one attached hydrogen (secondary N) is 2. The molecule has 1 saturated carbocycles. The van der Waals surface area contributed by atoms with Crippen LogP contribution in [0.3, 0.4) is 0 Å². The van der Waals surface area contributed by atoms with Gasteiger partial charge in [-0.3, -0.25) is 4.79 Å². The number of rotatable bonds is 5. The standard InChI is InChI=1S/C20H27N3O/c1-14(2)16-8-10-18(11-9-16)23-20(24)17(12-21)13-22-19-7-5-4-6-15(19)3/h8-11,13-15,19,22H,4-7H2,1-3H3,(H,23,24)/b17-13-. The first-order valence-corrected chi connectivity index (χ1v) is 8.79. The molecule has 2 N–H and O–H groups in total. The summed E-state index contributed by atoms with van der Waals surface area (Å²) >= 11 is 0. The third-order valence-corrected chi connectivity index (χ3v) is 4.75. The first kappa shape index (κ1) is 18.1. The van der Waals surface area contributed by atoms with Crippen molar-refractivity contribution >= 4 is 11.6 Å². The van der Waals surface area contributed by atoms with Crippen molar-refractivity contribution < 1.29 is 4.79 Å². The quantitative estimate of drug-likeness (QED) is 0.626. The molecule has 4 heteroatoms. The molecule has 1 fully saturated rings. The van der Waals surface area contributed by atoms with Crippen LogP contribution in [0.25, 0.3) is 0 Å². The molecule has 0 radical (unpaired) electrons. The maximum absolute atomic E-state index is 12.3. The van der Waals surface area contributed by atoms with Crippen molar-refractivity contribution in [2.24, 2.45) is 5.92 Å². The van der Waals surface area contributed by atoms with Crippen molar-refractivity contribution in [3.8, 4) is 6.07 Å². The summed E-state index contributed by atoms with van der Waals surface area (Å²) in [6.07, 6.45) is 6.33. The largest absolute Gasteiger partial charge is 0.387 e. The molecule has 4 nitrogen and oxygen atoms in total. The van der Waals surface area contributed by atoms with Crippen LogP contribution >= 0.6 is 0 Å². The molecule has 128 valence electrons. The van der Waals surface area contributed by atoms with E-state index in [-0.39, 0.29) is 11.5 Å². The molecule has 1 aromatic carbocycles. The van der Waals surface area contributed by atoms with Crippen LogP contribution in [0.15, 0.2) is 36.0 Å². The van der Waals surface area contributed by atoms with Gasteiger partial charge < -0.3 is 10.6 Å². The van der Waals surface area contributed by atoms with Crippen LogP contribution in [0.4, 0.5) is 5.69 Å². The van der Waals surface area contributed by atoms with E-state index in [4.69, 9.17) is 0 Å². The number of carbonyl (C=O) groups excluding carboxylic acids is 1. The van der Waals surface area contributed by atoms with Crippen LogP contribution in [0.2, 0.25) is 0 Å². The fourth-order valence-corrected chi connectivity index (χ4v) is 3.05. The zero-order valence-electron chi connectivity index (χ0n) is 14.8. The Morgan fingerprint density at radius 2 is 1.92 bits per heavy atom. The number of amides is 1. The van der Waals surface area contributed by atoms with Gasteiger partial charge in [0.1, 0.15) is 11.6 Å². The van der Waals surface area contributed by atoms with Gasteiger partial charge >= 0.3 is 0 Å². The normalized spacial score (nSPS) is 21.2. The van der Waals surface area contributed by atoms with Gasteiger partial charge in [-0.1, -0.05) is 45.7 Å². The average molecular weight is 325 g/mol. The SMILES string of the molecule is CC(C)c1ccc(NC(=O)/C(C#N)=C\NC2CCCCC2C)cc1. The third kappa shape index (κ3) is 4.86. The van der Waals surface area contributed by atoms with E-state index in [1.54, 1.807) is 6.20 Å². The molecular weight excluding hydrogens is 298 g/mol. The highest BCUT2D eigenvalue weighted by molar-refractivity contribution is 6.06. The minimum atomic E-state index is -0.370. The molecule has 0 aliphatic heterocycles. The van der Waals surface area contributed by atoms with Crippen molar-refractivity contribution in [1.29, 1.82) is 5.26 Å². The Kier molecular flexibility index (Phi) is 6.43. The first-order valence-electron chi connectivity index (χ1n) is 8.79. The van der Waals surface area contributed by atoms with E-state index in [1.165, 1.54) is 24.8 Å². The lowest BCUT2D eigenvalue weighted by Gasteiger charge is -2.29. The summed E-state index contributed by atoms with van der Waals surface area (Å²) in [6, 6.07) is 10.1. The van der Waals surface area contributed by atoms with Crippen LogP contribution in [0.1, 0.15) is 57.9 Å². The molecule has 24 heavy (non-hydrogen) atoms. The van der Waals surface area contributed by atoms with Gasteiger partial charge in [0.15, 0.2) is 0 Å². The van der Waals surface area contributed by atoms with E-state index >= 15 is 0 Å². The lowest BCUT2D eigenvalue weighted by atomic mass is 9.86. The summed E-state index contributed by atoms with van der Waals surface area (Å²) in [5.41, 5.74) is 2.04. The number of benzene rings is 1. The van der Waals surface area contributed by atoms with Gasteiger partial charge in [0.05, 0.1) is 0 Å². The molecule has 1 aliphatic rings. The Morgan fingerprint density at radius 3 is 2.50 bits per heavy atom. The van der Waals surface area contributed by atoms with Gasteiger partial charge in [-0.05, 0) is 42.4 Å². The van der Waals surface area contributed by atoms with Crippen LogP contribution in [0, 0.1) is 17.2 Å². The first-order chi connectivity index (χ1) is 11.5. The van der Waals surface area contributed by atoms with Crippen molar-refractivity contribution in [2.75, 3.05) is 5.32 Å². The van der Waals surface area contributed by atoms with Crippen LogP contribution in [-0.4, -0.2) is 11.9 Å². The molecule has 0 heterocycles. The zero-order valence-corrected chi connectivity index (χ0v) is 14.8. The Hall–Kier alpha value is -2.28. The van der Waals surface area contributed by atoms with Crippen molar-refractivity contribution in [3.63, 3.8) is 0 Å². The maximum atomic E-state index is 12.3. The highest BCUT2D eigenvalue weighted by atomic mass is 16.1. The topological polar surface area (TPSA) is 64.9 Å². The summed E-state index contributed by atoms with van der Waals surface area (Å²) in [5, 5.41) is 15.3. The van der Waals surface area contributed by atoms with E-state index in [0.717, 1.165) is 6.42 Å². The molecule has 1 aromatic rings. The molecule has 1 amide bonds. The Labute approximate surface area is 144 Å². The second-order valence-corrected chi connectivity index (χ2v) is 6.94. The van der Waals surface area contributed by atoms with Crippen molar-refractivity contribution in [1.82, 2.24) is 5.32 Å². The summed E-state index contributed by atoms with van der Waals surface area (Å²) in [4.78, 5) is 12.3. The van der Waals surface area contributed by atoms with Gasteiger partial charge in [0.25, 0.3) is 5.91 Å². The third-order valence-electron chi connectivity index (χ3n) is 4.75. The zero-order chi connectivity index (χ0) is 17.5. The lowest BCUT2D eigenvalue weighted by Crippen LogP contribution is -2.34. The minimum absolute atomic E-state index is 0.112. The van der Waals surface area contributed by atoms with Crippen molar-refractivity contribution in [2.45, 2.75) is 58.4 Å². The lowest BCUT2D eigenvalue weighted by molar-refractivity contribution is -0.112. The molecule has 0 spiro atoms. The predicted octanol–water partition coefficient (Wildman–Crippen LogP) is 4.32. The molecule has 2 rings (SSSR count). The van der Waals surface area contributed by atoms with Gasteiger partial charge in [0, 0.05) is 17.9 Å². The summed E-state index contributed by atoms with van der Waals surface area (Å²) in [6.45, 7) is 6.47. The monoisotopic (exact) mass is 325 g/mol. The number of nitrogens with zero attached hydrogens (tertiary/aromatic N) is 1. The number of hydrogen-bond acceptors (Lipinski definition) is 3. The van der Waals surface area contributed by atoms with Gasteiger partial charge in [0.2, 0.25) is 0 Å². The molecule has 0 saturated heterocycles. The Bertz CT molecular complexity index is 625. The summed E-state index contributed by atoms with van der Waals surface area (Å²) in [7, 11) is 0. The second kappa shape index (κ2) is 8.54. The fraction of sp³-hybridized carbons (Fsp3) is 0.500. The molecule has 0 aromatic heterocycles. The number of anilines is 1. The predicted molar refractivity (Wildman–Crippen MR) is 97.4 cm³/mol. The smallest absolute Gasteiger partial charge is 0.267 e. The fourth-order valence-electron chi connectivity index (χ4n) is 3.05. The maximum Gasteiger partial charge on any atom is 0.267 e. The molecular formula is C20H27N3O. The van der Waals surface area contributed by atoms with Crippen LogP contribution < -0.4 is 10.6 Å². The minimum Gasteiger partial charge on any atom is -0.387 e. The van der Waals surface area contributed by atoms with E-state index in [1.807, 2.05) is 30.3 Å². The van der Waals surface area contributed by atoms with E-state index in [2.05, 4.69) is 31.4 Å². The number of hydrogen-bond donors (Lipinski definition) is 2.